The molecule has 0 aliphatic heterocycles. The third-order valence-corrected chi connectivity index (χ3v) is 0.486. The SMILES string of the molecule is [NH]OCC(O)CO. The lowest BCUT2D eigenvalue weighted by Gasteiger charge is -2.00. The Balaban J connectivity index is 2.83. The Kier molecular flexibility index (Phi) is 3.92. The summed E-state index contributed by atoms with van der Waals surface area (Å²) in [6.07, 6.45) is -0.905. The van der Waals surface area contributed by atoms with E-state index in [-0.39, 0.29) is 13.2 Å². The van der Waals surface area contributed by atoms with E-state index in [0.29, 0.717) is 0 Å². The first-order valence-corrected chi connectivity index (χ1v) is 1.88. The van der Waals surface area contributed by atoms with Crippen LogP contribution in [0, 0.1) is 0 Å². The Morgan fingerprint density at radius 3 is 2.43 bits per heavy atom. The lowest BCUT2D eigenvalue weighted by molar-refractivity contribution is -0.00190. The maximum absolute atomic E-state index is 8.36. The largest absolute Gasteiger partial charge is 0.394 e. The van der Waals surface area contributed by atoms with Crippen LogP contribution >= 0.6 is 0 Å². The van der Waals surface area contributed by atoms with Crippen LogP contribution in [0.2, 0.25) is 0 Å². The van der Waals surface area contributed by atoms with Crippen LogP contribution in [0.4, 0.5) is 0 Å². The second-order valence-corrected chi connectivity index (χ2v) is 1.15. The van der Waals surface area contributed by atoms with Crippen LogP contribution in [0.15, 0.2) is 0 Å². The molecule has 0 spiro atoms. The topological polar surface area (TPSA) is 73.5 Å². The van der Waals surface area contributed by atoms with Crippen molar-refractivity contribution in [3.05, 3.63) is 0 Å². The fraction of sp³-hybridized carbons (Fsp3) is 1.00. The number of aliphatic hydroxyl groups is 2. The van der Waals surface area contributed by atoms with E-state index in [1.165, 1.54) is 0 Å². The third kappa shape index (κ3) is 3.68. The molecule has 0 saturated carbocycles. The normalized spacial score (nSPS) is 14.1. The van der Waals surface area contributed by atoms with Crippen LogP contribution in [-0.4, -0.2) is 29.5 Å². The van der Waals surface area contributed by atoms with Crippen molar-refractivity contribution in [2.24, 2.45) is 0 Å². The van der Waals surface area contributed by atoms with Gasteiger partial charge >= 0.3 is 0 Å². The summed E-state index contributed by atoms with van der Waals surface area (Å²) >= 11 is 0. The molecule has 0 aromatic rings. The Morgan fingerprint density at radius 2 is 2.29 bits per heavy atom. The van der Waals surface area contributed by atoms with Crippen molar-refractivity contribution in [1.29, 1.82) is 0 Å². The molecule has 0 aromatic heterocycles. The molecule has 0 rings (SSSR count). The van der Waals surface area contributed by atoms with Crippen molar-refractivity contribution < 1.29 is 15.1 Å². The van der Waals surface area contributed by atoms with Gasteiger partial charge in [0.2, 0.25) is 0 Å². The zero-order chi connectivity index (χ0) is 5.70. The molecule has 3 N–H and O–H groups in total. The number of hydrogen-bond donors (Lipinski definition) is 2. The van der Waals surface area contributed by atoms with Crippen molar-refractivity contribution in [3.8, 4) is 0 Å². The fourth-order valence-electron chi connectivity index (χ4n) is 0.149. The van der Waals surface area contributed by atoms with Crippen molar-refractivity contribution in [2.45, 2.75) is 6.10 Å². The maximum Gasteiger partial charge on any atom is 0.102 e. The van der Waals surface area contributed by atoms with Gasteiger partial charge in [0.25, 0.3) is 0 Å². The summed E-state index contributed by atoms with van der Waals surface area (Å²) in [7, 11) is 0. The molecule has 0 heterocycles. The highest BCUT2D eigenvalue weighted by molar-refractivity contribution is 4.45. The van der Waals surface area contributed by atoms with Gasteiger partial charge in [0.15, 0.2) is 0 Å². The van der Waals surface area contributed by atoms with Gasteiger partial charge in [-0.1, -0.05) is 0 Å². The molecule has 7 heavy (non-hydrogen) atoms. The monoisotopic (exact) mass is 106 g/mol. The van der Waals surface area contributed by atoms with Gasteiger partial charge in [-0.2, -0.15) is 0 Å². The summed E-state index contributed by atoms with van der Waals surface area (Å²) in [5, 5.41) is 16.4. The average molecular weight is 106 g/mol. The van der Waals surface area contributed by atoms with E-state index >= 15 is 0 Å². The highest BCUT2D eigenvalue weighted by atomic mass is 16.6. The van der Waals surface area contributed by atoms with E-state index < -0.39 is 6.10 Å². The van der Waals surface area contributed by atoms with Gasteiger partial charge < -0.3 is 10.2 Å². The summed E-state index contributed by atoms with van der Waals surface area (Å²) in [5.41, 5.74) is 0. The van der Waals surface area contributed by atoms with Gasteiger partial charge in [0.1, 0.15) is 6.10 Å². The Morgan fingerprint density at radius 1 is 1.71 bits per heavy atom. The Labute approximate surface area is 41.5 Å². The molecule has 0 amide bonds. The second-order valence-electron chi connectivity index (χ2n) is 1.15. The Hall–Kier alpha value is -0.160. The molecular weight excluding hydrogens is 98.0 g/mol. The van der Waals surface area contributed by atoms with E-state index in [2.05, 4.69) is 4.84 Å². The zero-order valence-electron chi connectivity index (χ0n) is 3.79. The van der Waals surface area contributed by atoms with Gasteiger partial charge in [-0.05, 0) is 0 Å². The number of nitrogens with one attached hydrogen (secondary N) is 1. The predicted octanol–water partition coefficient (Wildman–Crippen LogP) is -1.45. The van der Waals surface area contributed by atoms with Crippen molar-refractivity contribution in [2.75, 3.05) is 13.2 Å². The molecule has 0 aliphatic carbocycles. The fourth-order valence-corrected chi connectivity index (χ4v) is 0.149. The Bertz CT molecular complexity index is 41.2. The lowest BCUT2D eigenvalue weighted by atomic mass is 10.4. The molecular formula is C3H8NO3. The maximum atomic E-state index is 8.36. The summed E-state index contributed by atoms with van der Waals surface area (Å²) in [6, 6.07) is 0. The van der Waals surface area contributed by atoms with Crippen LogP contribution in [0.5, 0.6) is 0 Å². The second kappa shape index (κ2) is 4.01. The minimum absolute atomic E-state index is 0.128. The molecule has 1 unspecified atom stereocenters. The van der Waals surface area contributed by atoms with E-state index in [0.717, 1.165) is 0 Å². The number of hydrogen-bond acceptors (Lipinski definition) is 3. The lowest BCUT2D eigenvalue weighted by Crippen LogP contribution is -2.18. The summed E-state index contributed by atoms with van der Waals surface area (Å²) in [5.74, 6) is 6.07. The average Bonchev–Trinajstić information content (AvgIpc) is 1.68. The standard InChI is InChI=1S/C3H8NO3/c4-7-2-3(6)1-5/h3-6H,1-2H2. The van der Waals surface area contributed by atoms with E-state index in [1.807, 2.05) is 0 Å². The predicted molar refractivity (Wildman–Crippen MR) is 22.1 cm³/mol. The summed E-state index contributed by atoms with van der Waals surface area (Å²) in [6.45, 7) is -0.477. The van der Waals surface area contributed by atoms with Gasteiger partial charge in [-0.15, -0.1) is 5.90 Å². The molecule has 1 radical (unpaired) electrons. The molecule has 1 atom stereocenters. The highest BCUT2D eigenvalue weighted by Crippen LogP contribution is 1.77. The third-order valence-electron chi connectivity index (χ3n) is 0.486. The van der Waals surface area contributed by atoms with Gasteiger partial charge in [0, 0.05) is 0 Å². The van der Waals surface area contributed by atoms with Crippen LogP contribution in [0.25, 0.3) is 0 Å². The van der Waals surface area contributed by atoms with Gasteiger partial charge in [-0.3, -0.25) is 4.84 Å². The van der Waals surface area contributed by atoms with E-state index in [4.69, 9.17) is 16.1 Å². The van der Waals surface area contributed by atoms with Crippen molar-refractivity contribution >= 4 is 0 Å². The first-order chi connectivity index (χ1) is 3.31. The molecule has 0 bridgehead atoms. The molecule has 0 fully saturated rings. The highest BCUT2D eigenvalue weighted by Gasteiger charge is 1.97. The summed E-state index contributed by atoms with van der Waals surface area (Å²) < 4.78 is 0. The minimum atomic E-state index is -0.905. The molecule has 4 nitrogen and oxygen atoms in total. The first-order valence-electron chi connectivity index (χ1n) is 1.88. The number of rotatable bonds is 3. The molecule has 0 aliphatic rings. The molecule has 0 aromatic carbocycles. The zero-order valence-corrected chi connectivity index (χ0v) is 3.79. The van der Waals surface area contributed by atoms with Crippen molar-refractivity contribution in [1.82, 2.24) is 5.90 Å². The quantitative estimate of drug-likeness (QED) is 0.432. The van der Waals surface area contributed by atoms with Crippen molar-refractivity contribution in [3.63, 3.8) is 0 Å². The van der Waals surface area contributed by atoms with E-state index in [1.54, 1.807) is 0 Å². The van der Waals surface area contributed by atoms with Crippen LogP contribution in [0.1, 0.15) is 0 Å². The summed E-state index contributed by atoms with van der Waals surface area (Å²) in [4.78, 5) is 3.73. The molecule has 43 valence electrons. The van der Waals surface area contributed by atoms with Crippen LogP contribution < -0.4 is 5.90 Å². The van der Waals surface area contributed by atoms with E-state index in [9.17, 15) is 0 Å². The van der Waals surface area contributed by atoms with Gasteiger partial charge in [-0.25, -0.2) is 0 Å². The smallest absolute Gasteiger partial charge is 0.102 e. The minimum Gasteiger partial charge on any atom is -0.394 e. The number of aliphatic hydroxyl groups excluding tert-OH is 2. The molecule has 4 heteroatoms. The van der Waals surface area contributed by atoms with Crippen LogP contribution in [0.3, 0.4) is 0 Å². The van der Waals surface area contributed by atoms with Crippen LogP contribution in [-0.2, 0) is 4.84 Å². The molecule has 0 saturated heterocycles. The first kappa shape index (κ1) is 6.84. The van der Waals surface area contributed by atoms with Gasteiger partial charge in [0.05, 0.1) is 13.2 Å².